The lowest BCUT2D eigenvalue weighted by atomic mass is 10.1. The molecular weight excluding hydrogens is 274 g/mol. The van der Waals surface area contributed by atoms with Crippen molar-refractivity contribution in [2.75, 3.05) is 18.7 Å². The first-order valence-electron chi connectivity index (χ1n) is 6.15. The molecule has 0 amide bonds. The van der Waals surface area contributed by atoms with Crippen LogP contribution in [0.2, 0.25) is 0 Å². The Hall–Kier alpha value is -1.92. The van der Waals surface area contributed by atoms with E-state index in [-0.39, 0.29) is 0 Å². The van der Waals surface area contributed by atoms with Crippen LogP contribution >= 0.6 is 11.8 Å². The third-order valence-electron chi connectivity index (χ3n) is 3.00. The van der Waals surface area contributed by atoms with Crippen molar-refractivity contribution in [3.05, 3.63) is 36.2 Å². The molecule has 20 heavy (non-hydrogen) atoms. The van der Waals surface area contributed by atoms with Gasteiger partial charge in [-0.05, 0) is 17.7 Å². The van der Waals surface area contributed by atoms with Gasteiger partial charge in [0.2, 0.25) is 0 Å². The van der Waals surface area contributed by atoms with Crippen LogP contribution < -0.4 is 4.90 Å². The fourth-order valence-electron chi connectivity index (χ4n) is 2.14. The van der Waals surface area contributed by atoms with Gasteiger partial charge >= 0.3 is 0 Å². The van der Waals surface area contributed by atoms with Crippen LogP contribution in [-0.2, 0) is 16.0 Å². The molecule has 0 bridgehead atoms. The molecule has 1 aliphatic heterocycles. The molecule has 1 aromatic carbocycles. The molecule has 0 atom stereocenters. The molecule has 1 aromatic heterocycles. The minimum atomic E-state index is 0.393. The maximum atomic E-state index is 10.7. The molecule has 1 aliphatic rings. The van der Waals surface area contributed by atoms with Gasteiger partial charge in [0.05, 0.1) is 5.69 Å². The Bertz CT molecular complexity index is 648. The molecule has 102 valence electrons. The summed E-state index contributed by atoms with van der Waals surface area (Å²) in [6, 6.07) is 5.99. The molecule has 0 saturated heterocycles. The average molecular weight is 287 g/mol. The molecule has 0 spiro atoms. The van der Waals surface area contributed by atoms with Crippen molar-refractivity contribution in [1.82, 2.24) is 9.97 Å². The summed E-state index contributed by atoms with van der Waals surface area (Å²) in [4.78, 5) is 22.5. The van der Waals surface area contributed by atoms with Gasteiger partial charge in [0.15, 0.2) is 5.82 Å². The molecule has 3 rings (SSSR count). The van der Waals surface area contributed by atoms with Gasteiger partial charge in [-0.1, -0.05) is 17.8 Å². The largest absolute Gasteiger partial charge is 0.364 e. The first-order valence-corrected chi connectivity index (χ1v) is 6.97. The fourth-order valence-corrected chi connectivity index (χ4v) is 3.12. The van der Waals surface area contributed by atoms with E-state index in [9.17, 15) is 4.79 Å². The van der Waals surface area contributed by atoms with Gasteiger partial charge < -0.3 is 9.53 Å². The predicted molar refractivity (Wildman–Crippen MR) is 76.4 cm³/mol. The van der Waals surface area contributed by atoms with E-state index in [0.717, 1.165) is 33.3 Å². The van der Waals surface area contributed by atoms with E-state index in [1.807, 2.05) is 23.1 Å². The summed E-state index contributed by atoms with van der Waals surface area (Å²) >= 11 is 1.58. The second kappa shape index (κ2) is 5.60. The number of aldehydes is 1. The summed E-state index contributed by atoms with van der Waals surface area (Å²) in [6.45, 7) is 0.393. The summed E-state index contributed by atoms with van der Waals surface area (Å²) in [5, 5.41) is 0.861. The van der Waals surface area contributed by atoms with Crippen molar-refractivity contribution in [1.29, 1.82) is 0 Å². The minimum absolute atomic E-state index is 0.393. The van der Waals surface area contributed by atoms with Crippen LogP contribution in [0.1, 0.15) is 5.56 Å². The van der Waals surface area contributed by atoms with Gasteiger partial charge in [-0.2, -0.15) is 0 Å². The summed E-state index contributed by atoms with van der Waals surface area (Å²) in [5.74, 6) is 0.787. The van der Waals surface area contributed by atoms with Crippen LogP contribution in [0, 0.1) is 0 Å². The van der Waals surface area contributed by atoms with Crippen molar-refractivity contribution in [3.8, 4) is 0 Å². The second-order valence-corrected chi connectivity index (χ2v) is 5.34. The Morgan fingerprint density at radius 3 is 3.00 bits per heavy atom. The Balaban J connectivity index is 2.08. The molecule has 0 fully saturated rings. The quantitative estimate of drug-likeness (QED) is 0.805. The van der Waals surface area contributed by atoms with Crippen molar-refractivity contribution in [3.63, 3.8) is 0 Å². The molecule has 6 heteroatoms. The number of methoxy groups -OCH3 is 1. The average Bonchev–Trinajstić information content (AvgIpc) is 2.48. The van der Waals surface area contributed by atoms with E-state index in [4.69, 9.17) is 4.74 Å². The number of carbonyl (C=O) groups is 1. The Morgan fingerprint density at radius 2 is 2.20 bits per heavy atom. The van der Waals surface area contributed by atoms with Gasteiger partial charge in [0, 0.05) is 30.8 Å². The molecule has 0 N–H and O–H groups in total. The van der Waals surface area contributed by atoms with E-state index in [2.05, 4.69) is 9.97 Å². The third-order valence-corrected chi connectivity index (χ3v) is 4.05. The second-order valence-electron chi connectivity index (χ2n) is 4.31. The van der Waals surface area contributed by atoms with Gasteiger partial charge in [0.25, 0.3) is 0 Å². The predicted octanol–water partition coefficient (Wildman–Crippen LogP) is 2.42. The highest BCUT2D eigenvalue weighted by Crippen LogP contribution is 2.46. The molecule has 2 heterocycles. The van der Waals surface area contributed by atoms with Crippen molar-refractivity contribution < 1.29 is 9.53 Å². The monoisotopic (exact) mass is 287 g/mol. The standard InChI is InChI=1S/C14H13N3O2S/c1-19-9-17-11-8-10(4-7-18)2-3-12(11)20-14-13(17)15-5-6-16-14/h2-3,5-8H,4,9H2,1H3. The lowest BCUT2D eigenvalue weighted by Gasteiger charge is -2.30. The van der Waals surface area contributed by atoms with Gasteiger partial charge in [-0.15, -0.1) is 0 Å². The number of anilines is 2. The molecule has 0 saturated carbocycles. The van der Waals surface area contributed by atoms with E-state index in [1.165, 1.54) is 0 Å². The number of nitrogens with zero attached hydrogens (tertiary/aromatic N) is 3. The summed E-state index contributed by atoms with van der Waals surface area (Å²) in [7, 11) is 1.65. The number of carbonyl (C=O) groups excluding carboxylic acids is 1. The maximum Gasteiger partial charge on any atom is 0.168 e. The minimum Gasteiger partial charge on any atom is -0.364 e. The van der Waals surface area contributed by atoms with Crippen molar-refractivity contribution in [2.24, 2.45) is 0 Å². The number of ether oxygens (including phenoxy) is 1. The van der Waals surface area contributed by atoms with E-state index >= 15 is 0 Å². The van der Waals surface area contributed by atoms with Gasteiger partial charge in [-0.25, -0.2) is 9.97 Å². The highest BCUT2D eigenvalue weighted by molar-refractivity contribution is 7.99. The van der Waals surface area contributed by atoms with Crippen LogP contribution in [0.15, 0.2) is 40.5 Å². The molecule has 5 nitrogen and oxygen atoms in total. The number of hydrogen-bond acceptors (Lipinski definition) is 6. The smallest absolute Gasteiger partial charge is 0.168 e. The number of aromatic nitrogens is 2. The first kappa shape index (κ1) is 13.1. The summed E-state index contributed by atoms with van der Waals surface area (Å²) in [6.07, 6.45) is 4.67. The van der Waals surface area contributed by atoms with E-state index in [0.29, 0.717) is 13.2 Å². The molecule has 0 radical (unpaired) electrons. The molecule has 0 aliphatic carbocycles. The lowest BCUT2D eigenvalue weighted by molar-refractivity contribution is -0.107. The van der Waals surface area contributed by atoms with Crippen LogP contribution in [0.4, 0.5) is 11.5 Å². The zero-order valence-corrected chi connectivity index (χ0v) is 11.8. The third kappa shape index (κ3) is 2.28. The van der Waals surface area contributed by atoms with E-state index < -0.39 is 0 Å². The maximum absolute atomic E-state index is 10.7. The summed E-state index contributed by atoms with van der Waals surface area (Å²) in [5.41, 5.74) is 1.98. The van der Waals surface area contributed by atoms with Crippen molar-refractivity contribution >= 4 is 29.6 Å². The lowest BCUT2D eigenvalue weighted by Crippen LogP contribution is -2.24. The number of hydrogen-bond donors (Lipinski definition) is 0. The van der Waals surface area contributed by atoms with Gasteiger partial charge in [-0.3, -0.25) is 4.90 Å². The van der Waals surface area contributed by atoms with Crippen molar-refractivity contribution in [2.45, 2.75) is 16.3 Å². The first-order chi connectivity index (χ1) is 9.83. The number of benzene rings is 1. The van der Waals surface area contributed by atoms with Crippen LogP contribution in [-0.4, -0.2) is 30.1 Å². The SMILES string of the molecule is COCN1c2cc(CC=O)ccc2Sc2nccnc21. The fraction of sp³-hybridized carbons (Fsp3) is 0.214. The van der Waals surface area contributed by atoms with Gasteiger partial charge in [0.1, 0.15) is 18.0 Å². The highest BCUT2D eigenvalue weighted by atomic mass is 32.2. The van der Waals surface area contributed by atoms with Crippen LogP contribution in [0.5, 0.6) is 0 Å². The summed E-state index contributed by atoms with van der Waals surface area (Å²) < 4.78 is 5.27. The number of fused-ring (bicyclic) bond motifs is 2. The van der Waals surface area contributed by atoms with Crippen LogP contribution in [0.25, 0.3) is 0 Å². The number of rotatable bonds is 4. The molecular formula is C14H13N3O2S. The zero-order chi connectivity index (χ0) is 13.9. The topological polar surface area (TPSA) is 55.3 Å². The highest BCUT2D eigenvalue weighted by Gasteiger charge is 2.25. The molecule has 0 unspecified atom stereocenters. The zero-order valence-electron chi connectivity index (χ0n) is 10.9. The Labute approximate surface area is 121 Å². The Kier molecular flexibility index (Phi) is 3.66. The van der Waals surface area contributed by atoms with E-state index in [1.54, 1.807) is 31.3 Å². The van der Waals surface area contributed by atoms with Crippen LogP contribution in [0.3, 0.4) is 0 Å². The Morgan fingerprint density at radius 1 is 1.35 bits per heavy atom. The normalized spacial score (nSPS) is 12.8. The molecule has 2 aromatic rings.